The maximum atomic E-state index is 12.5. The maximum Gasteiger partial charge on any atom is 0.324 e. The van der Waals surface area contributed by atoms with Crippen LogP contribution in [-0.2, 0) is 4.79 Å². The molecule has 4 rings (SSSR count). The molecule has 3 amide bonds. The number of benzene rings is 1. The Morgan fingerprint density at radius 2 is 1.78 bits per heavy atom. The quantitative estimate of drug-likeness (QED) is 0.660. The minimum absolute atomic E-state index is 0.0979. The molecule has 32 heavy (non-hydrogen) atoms. The van der Waals surface area contributed by atoms with Crippen LogP contribution in [0.2, 0.25) is 0 Å². The zero-order chi connectivity index (χ0) is 22.8. The fourth-order valence-corrected chi connectivity index (χ4v) is 4.57. The lowest BCUT2D eigenvalue weighted by molar-refractivity contribution is -0.128. The molecule has 0 spiro atoms. The molecule has 1 atom stereocenters. The van der Waals surface area contributed by atoms with Crippen LogP contribution in [-0.4, -0.2) is 66.7 Å². The monoisotopic (exact) mass is 441 g/mol. The van der Waals surface area contributed by atoms with Crippen LogP contribution < -0.4 is 19.7 Å². The number of nitrogens with zero attached hydrogens (tertiary/aromatic N) is 4. The molecule has 1 aromatic heterocycles. The normalized spacial score (nSPS) is 19.7. The van der Waals surface area contributed by atoms with Gasteiger partial charge in [-0.2, -0.15) is 0 Å². The minimum Gasteiger partial charge on any atom is -0.493 e. The number of aromatic nitrogens is 2. The van der Waals surface area contributed by atoms with Gasteiger partial charge in [0.05, 0.1) is 19.7 Å². The minimum atomic E-state index is -0.397. The van der Waals surface area contributed by atoms with E-state index < -0.39 is 6.04 Å². The summed E-state index contributed by atoms with van der Waals surface area (Å²) in [7, 11) is 3.23. The SMILES string of the molecule is COc1cc2ncnc(N3CCC(CCN4C(=O)NC(C(C)C)C4=O)CC3)c2cc1OC. The number of carbonyl (C=O) groups excluding carboxylic acids is 2. The van der Waals surface area contributed by atoms with E-state index in [-0.39, 0.29) is 17.9 Å². The lowest BCUT2D eigenvalue weighted by Crippen LogP contribution is -2.38. The Hall–Kier alpha value is -3.10. The van der Waals surface area contributed by atoms with Crippen LogP contribution in [0.25, 0.3) is 10.9 Å². The predicted octanol–water partition coefficient (Wildman–Crippen LogP) is 2.83. The summed E-state index contributed by atoms with van der Waals surface area (Å²) in [5.74, 6) is 2.65. The molecule has 9 heteroatoms. The second kappa shape index (κ2) is 9.18. The molecule has 3 heterocycles. The molecule has 2 fully saturated rings. The second-order valence-corrected chi connectivity index (χ2v) is 8.80. The fraction of sp³-hybridized carbons (Fsp3) is 0.565. The van der Waals surface area contributed by atoms with E-state index in [0.29, 0.717) is 24.0 Å². The van der Waals surface area contributed by atoms with Crippen LogP contribution in [0.4, 0.5) is 10.6 Å². The zero-order valence-electron chi connectivity index (χ0n) is 19.1. The summed E-state index contributed by atoms with van der Waals surface area (Å²) in [6, 6.07) is 3.14. The van der Waals surface area contributed by atoms with Crippen molar-refractivity contribution in [3.8, 4) is 11.5 Å². The van der Waals surface area contributed by atoms with Crippen LogP contribution in [0.1, 0.15) is 33.1 Å². The van der Waals surface area contributed by atoms with Gasteiger partial charge in [-0.25, -0.2) is 14.8 Å². The molecule has 2 aromatic rings. The largest absolute Gasteiger partial charge is 0.493 e. The van der Waals surface area contributed by atoms with Gasteiger partial charge < -0.3 is 19.7 Å². The molecular formula is C23H31N5O4. The molecule has 0 saturated carbocycles. The number of amides is 3. The van der Waals surface area contributed by atoms with Crippen molar-refractivity contribution in [2.24, 2.45) is 11.8 Å². The number of hydrogen-bond acceptors (Lipinski definition) is 7. The first-order valence-electron chi connectivity index (χ1n) is 11.2. The van der Waals surface area contributed by atoms with Crippen LogP contribution in [0.3, 0.4) is 0 Å². The third kappa shape index (κ3) is 4.16. The number of hydrogen-bond donors (Lipinski definition) is 1. The van der Waals surface area contributed by atoms with E-state index in [1.807, 2.05) is 26.0 Å². The molecule has 172 valence electrons. The lowest BCUT2D eigenvalue weighted by Gasteiger charge is -2.33. The van der Waals surface area contributed by atoms with Gasteiger partial charge in [-0.05, 0) is 37.2 Å². The van der Waals surface area contributed by atoms with Crippen molar-refractivity contribution in [1.82, 2.24) is 20.2 Å². The molecule has 2 aliphatic heterocycles. The standard InChI is InChI=1S/C23H31N5O4/c1-14(2)20-22(29)28(23(30)26-20)10-7-15-5-8-27(9-6-15)21-16-11-18(31-3)19(32-4)12-17(16)24-13-25-21/h11-15,20H,5-10H2,1-4H3,(H,26,30). The molecule has 2 aliphatic rings. The van der Waals surface area contributed by atoms with Crippen LogP contribution in [0, 0.1) is 11.8 Å². The molecule has 0 bridgehead atoms. The summed E-state index contributed by atoms with van der Waals surface area (Å²) in [5.41, 5.74) is 0.813. The maximum absolute atomic E-state index is 12.5. The second-order valence-electron chi connectivity index (χ2n) is 8.80. The van der Waals surface area contributed by atoms with Crippen molar-refractivity contribution in [2.45, 2.75) is 39.2 Å². The van der Waals surface area contributed by atoms with Gasteiger partial charge in [0.1, 0.15) is 18.2 Å². The van der Waals surface area contributed by atoms with Gasteiger partial charge in [0, 0.05) is 31.1 Å². The molecule has 0 aliphatic carbocycles. The first-order valence-corrected chi connectivity index (χ1v) is 11.2. The average molecular weight is 442 g/mol. The third-order valence-corrected chi connectivity index (χ3v) is 6.52. The number of nitrogens with one attached hydrogen (secondary N) is 1. The first-order chi connectivity index (χ1) is 15.4. The Bertz CT molecular complexity index is 1000. The van der Waals surface area contributed by atoms with Gasteiger partial charge in [-0.3, -0.25) is 9.69 Å². The van der Waals surface area contributed by atoms with Crippen molar-refractivity contribution in [1.29, 1.82) is 0 Å². The van der Waals surface area contributed by atoms with E-state index in [2.05, 4.69) is 20.2 Å². The van der Waals surface area contributed by atoms with E-state index >= 15 is 0 Å². The first kappa shape index (κ1) is 22.1. The number of carbonyl (C=O) groups is 2. The van der Waals surface area contributed by atoms with Crippen LogP contribution in [0.5, 0.6) is 11.5 Å². The number of piperidine rings is 1. The molecule has 1 aromatic carbocycles. The van der Waals surface area contributed by atoms with Crippen molar-refractivity contribution in [3.05, 3.63) is 18.5 Å². The van der Waals surface area contributed by atoms with Crippen molar-refractivity contribution >= 4 is 28.7 Å². The number of rotatable bonds is 7. The number of imide groups is 1. The lowest BCUT2D eigenvalue weighted by atomic mass is 9.93. The number of urea groups is 1. The van der Waals surface area contributed by atoms with Gasteiger partial charge in [0.2, 0.25) is 0 Å². The molecule has 9 nitrogen and oxygen atoms in total. The summed E-state index contributed by atoms with van der Waals surface area (Å²) in [6.07, 6.45) is 4.37. The molecule has 0 radical (unpaired) electrons. The summed E-state index contributed by atoms with van der Waals surface area (Å²) >= 11 is 0. The fourth-order valence-electron chi connectivity index (χ4n) is 4.57. The summed E-state index contributed by atoms with van der Waals surface area (Å²) in [5, 5.41) is 3.73. The highest BCUT2D eigenvalue weighted by atomic mass is 16.5. The highest BCUT2D eigenvalue weighted by Crippen LogP contribution is 2.36. The van der Waals surface area contributed by atoms with Crippen LogP contribution >= 0.6 is 0 Å². The van der Waals surface area contributed by atoms with Gasteiger partial charge in [-0.15, -0.1) is 0 Å². The van der Waals surface area contributed by atoms with Crippen LogP contribution in [0.15, 0.2) is 18.5 Å². The molecule has 1 unspecified atom stereocenters. The van der Waals surface area contributed by atoms with Gasteiger partial charge in [0.15, 0.2) is 11.5 Å². The topological polar surface area (TPSA) is 96.9 Å². The van der Waals surface area contributed by atoms with Crippen molar-refractivity contribution in [2.75, 3.05) is 38.8 Å². The molecular weight excluding hydrogens is 410 g/mol. The summed E-state index contributed by atoms with van der Waals surface area (Å²) < 4.78 is 10.9. The van der Waals surface area contributed by atoms with Gasteiger partial charge in [0.25, 0.3) is 5.91 Å². The summed E-state index contributed by atoms with van der Waals surface area (Å²) in [4.78, 5) is 37.3. The van der Waals surface area contributed by atoms with E-state index in [4.69, 9.17) is 9.47 Å². The van der Waals surface area contributed by atoms with E-state index in [0.717, 1.165) is 49.1 Å². The number of methoxy groups -OCH3 is 2. The average Bonchev–Trinajstić information content (AvgIpc) is 3.10. The zero-order valence-corrected chi connectivity index (χ0v) is 19.1. The van der Waals surface area contributed by atoms with E-state index in [9.17, 15) is 9.59 Å². The van der Waals surface area contributed by atoms with Gasteiger partial charge in [-0.1, -0.05) is 13.8 Å². The highest BCUT2D eigenvalue weighted by Gasteiger charge is 2.39. The number of fused-ring (bicyclic) bond motifs is 1. The highest BCUT2D eigenvalue weighted by molar-refractivity contribution is 6.04. The van der Waals surface area contributed by atoms with E-state index in [1.165, 1.54) is 4.90 Å². The number of anilines is 1. The Morgan fingerprint density at radius 3 is 2.41 bits per heavy atom. The Labute approximate surface area is 188 Å². The number of ether oxygens (including phenoxy) is 2. The summed E-state index contributed by atoms with van der Waals surface area (Å²) in [6.45, 7) is 6.10. The Kier molecular flexibility index (Phi) is 6.34. The van der Waals surface area contributed by atoms with E-state index in [1.54, 1.807) is 20.5 Å². The Morgan fingerprint density at radius 1 is 1.09 bits per heavy atom. The van der Waals surface area contributed by atoms with Crippen molar-refractivity contribution < 1.29 is 19.1 Å². The predicted molar refractivity (Wildman–Crippen MR) is 121 cm³/mol. The smallest absolute Gasteiger partial charge is 0.324 e. The van der Waals surface area contributed by atoms with Gasteiger partial charge >= 0.3 is 6.03 Å². The molecule has 2 saturated heterocycles. The Balaban J connectivity index is 1.39. The third-order valence-electron chi connectivity index (χ3n) is 6.52. The molecule has 1 N–H and O–H groups in total. The van der Waals surface area contributed by atoms with Crippen molar-refractivity contribution in [3.63, 3.8) is 0 Å².